The molecule has 0 unspecified atom stereocenters. The van der Waals surface area contributed by atoms with Gasteiger partial charge in [-0.1, -0.05) is 0 Å². The Balaban J connectivity index is 2.51. The first-order chi connectivity index (χ1) is 5.70. The Morgan fingerprint density at radius 2 is 2.25 bits per heavy atom. The molecule has 1 aliphatic rings. The maximum absolute atomic E-state index is 12.4. The van der Waals surface area contributed by atoms with Crippen molar-refractivity contribution in [2.75, 3.05) is 0 Å². The van der Waals surface area contributed by atoms with Crippen LogP contribution in [-0.2, 0) is 13.0 Å². The van der Waals surface area contributed by atoms with Crippen LogP contribution in [0.3, 0.4) is 0 Å². The Morgan fingerprint density at radius 1 is 1.50 bits per heavy atom. The van der Waals surface area contributed by atoms with Gasteiger partial charge >= 0.3 is 0 Å². The summed E-state index contributed by atoms with van der Waals surface area (Å²) in [6.07, 6.45) is -0.574. The van der Waals surface area contributed by atoms with Crippen LogP contribution in [0.25, 0.3) is 0 Å². The zero-order valence-electron chi connectivity index (χ0n) is 6.36. The second-order valence-corrected chi connectivity index (χ2v) is 3.74. The van der Waals surface area contributed by atoms with E-state index in [1.807, 2.05) is 4.57 Å². The van der Waals surface area contributed by atoms with Crippen LogP contribution in [0.4, 0.5) is 8.78 Å². The third-order valence-electron chi connectivity index (χ3n) is 2.22. The van der Waals surface area contributed by atoms with Crippen molar-refractivity contribution >= 4 is 15.9 Å². The quantitative estimate of drug-likeness (QED) is 0.705. The molecule has 0 atom stereocenters. The monoisotopic (exact) mass is 235 g/mol. The second-order valence-electron chi connectivity index (χ2n) is 2.92. The van der Waals surface area contributed by atoms with Gasteiger partial charge in [-0.15, -0.1) is 0 Å². The lowest BCUT2D eigenvalue weighted by molar-refractivity contribution is 0.150. The SMILES string of the molecule is FC(F)c1cc(Br)n2c1CCC2. The topological polar surface area (TPSA) is 4.93 Å². The fraction of sp³-hybridized carbons (Fsp3) is 0.500. The summed E-state index contributed by atoms with van der Waals surface area (Å²) in [5.74, 6) is 0. The highest BCUT2D eigenvalue weighted by molar-refractivity contribution is 9.10. The predicted octanol–water partition coefficient (Wildman–Crippen LogP) is 3.13. The summed E-state index contributed by atoms with van der Waals surface area (Å²) in [6.45, 7) is 0.864. The normalized spacial score (nSPS) is 15.7. The third kappa shape index (κ3) is 1.09. The summed E-state index contributed by atoms with van der Waals surface area (Å²) >= 11 is 3.27. The van der Waals surface area contributed by atoms with Gasteiger partial charge in [-0.05, 0) is 34.8 Å². The molecule has 0 bridgehead atoms. The number of fused-ring (bicyclic) bond motifs is 1. The Morgan fingerprint density at radius 3 is 2.92 bits per heavy atom. The van der Waals surface area contributed by atoms with Crippen LogP contribution in [0.1, 0.15) is 24.1 Å². The zero-order chi connectivity index (χ0) is 8.72. The number of hydrogen-bond donors (Lipinski definition) is 0. The summed E-state index contributed by atoms with van der Waals surface area (Å²) in [7, 11) is 0. The Labute approximate surface area is 77.5 Å². The van der Waals surface area contributed by atoms with Crippen molar-refractivity contribution in [3.63, 3.8) is 0 Å². The maximum Gasteiger partial charge on any atom is 0.265 e. The largest absolute Gasteiger partial charge is 0.339 e. The van der Waals surface area contributed by atoms with Gasteiger partial charge in [0.15, 0.2) is 0 Å². The first-order valence-corrected chi connectivity index (χ1v) is 4.65. The molecule has 0 aliphatic carbocycles. The van der Waals surface area contributed by atoms with Crippen molar-refractivity contribution in [3.8, 4) is 0 Å². The van der Waals surface area contributed by atoms with Crippen LogP contribution in [0.2, 0.25) is 0 Å². The van der Waals surface area contributed by atoms with Crippen molar-refractivity contribution in [3.05, 3.63) is 21.9 Å². The molecule has 0 aromatic carbocycles. The van der Waals surface area contributed by atoms with Gasteiger partial charge in [-0.25, -0.2) is 8.78 Å². The van der Waals surface area contributed by atoms with Crippen LogP contribution in [0, 0.1) is 0 Å². The highest BCUT2D eigenvalue weighted by atomic mass is 79.9. The van der Waals surface area contributed by atoms with Crippen molar-refractivity contribution in [1.82, 2.24) is 4.57 Å². The molecule has 4 heteroatoms. The van der Waals surface area contributed by atoms with Gasteiger partial charge in [0, 0.05) is 17.8 Å². The third-order valence-corrected chi connectivity index (χ3v) is 2.88. The highest BCUT2D eigenvalue weighted by Crippen LogP contribution is 2.33. The lowest BCUT2D eigenvalue weighted by Crippen LogP contribution is -1.93. The molecule has 2 rings (SSSR count). The number of hydrogen-bond acceptors (Lipinski definition) is 0. The van der Waals surface area contributed by atoms with Crippen LogP contribution in [0.5, 0.6) is 0 Å². The maximum atomic E-state index is 12.4. The number of alkyl halides is 2. The van der Waals surface area contributed by atoms with E-state index in [1.54, 1.807) is 0 Å². The van der Waals surface area contributed by atoms with E-state index in [0.717, 1.165) is 29.7 Å². The zero-order valence-corrected chi connectivity index (χ0v) is 7.94. The predicted molar refractivity (Wildman–Crippen MR) is 45.4 cm³/mol. The van der Waals surface area contributed by atoms with Gasteiger partial charge in [0.2, 0.25) is 0 Å². The minimum atomic E-state index is -2.34. The molecule has 66 valence electrons. The van der Waals surface area contributed by atoms with Crippen molar-refractivity contribution in [1.29, 1.82) is 0 Å². The summed E-state index contributed by atoms with van der Waals surface area (Å²) in [5.41, 5.74) is 0.997. The smallest absolute Gasteiger partial charge is 0.265 e. The van der Waals surface area contributed by atoms with E-state index in [2.05, 4.69) is 15.9 Å². The molecule has 0 saturated heterocycles. The average Bonchev–Trinajstić information content (AvgIpc) is 2.53. The lowest BCUT2D eigenvalue weighted by Gasteiger charge is -1.99. The minimum absolute atomic E-state index is 0.194. The first-order valence-electron chi connectivity index (χ1n) is 3.86. The Hall–Kier alpha value is -0.380. The Kier molecular flexibility index (Phi) is 1.94. The van der Waals surface area contributed by atoms with Gasteiger partial charge in [-0.2, -0.15) is 0 Å². The highest BCUT2D eigenvalue weighted by Gasteiger charge is 2.23. The van der Waals surface area contributed by atoms with E-state index in [-0.39, 0.29) is 5.56 Å². The minimum Gasteiger partial charge on any atom is -0.339 e. The van der Waals surface area contributed by atoms with Crippen LogP contribution >= 0.6 is 15.9 Å². The number of rotatable bonds is 1. The van der Waals surface area contributed by atoms with E-state index >= 15 is 0 Å². The number of halogens is 3. The standard InChI is InChI=1S/C8H8BrF2N/c9-7-4-5(8(10)11)6-2-1-3-12(6)7/h4,8H,1-3H2. The molecule has 0 saturated carbocycles. The molecule has 0 radical (unpaired) electrons. The van der Waals surface area contributed by atoms with E-state index in [9.17, 15) is 8.78 Å². The molecule has 1 nitrogen and oxygen atoms in total. The average molecular weight is 236 g/mol. The lowest BCUT2D eigenvalue weighted by atomic mass is 10.2. The molecule has 1 aromatic heterocycles. The van der Waals surface area contributed by atoms with Gasteiger partial charge in [0.25, 0.3) is 6.43 Å². The van der Waals surface area contributed by atoms with E-state index < -0.39 is 6.43 Å². The molecule has 12 heavy (non-hydrogen) atoms. The molecule has 0 spiro atoms. The molecule has 2 heterocycles. The molecular weight excluding hydrogens is 228 g/mol. The summed E-state index contributed by atoms with van der Waals surface area (Å²) in [4.78, 5) is 0. The van der Waals surface area contributed by atoms with Gasteiger partial charge < -0.3 is 4.57 Å². The van der Waals surface area contributed by atoms with E-state index in [4.69, 9.17) is 0 Å². The van der Waals surface area contributed by atoms with Crippen LogP contribution in [-0.4, -0.2) is 4.57 Å². The fourth-order valence-corrected chi connectivity index (χ4v) is 2.33. The van der Waals surface area contributed by atoms with Crippen LogP contribution in [0.15, 0.2) is 10.7 Å². The van der Waals surface area contributed by atoms with Crippen molar-refractivity contribution < 1.29 is 8.78 Å². The van der Waals surface area contributed by atoms with Gasteiger partial charge in [-0.3, -0.25) is 0 Å². The number of aromatic nitrogens is 1. The first kappa shape index (κ1) is 8.23. The Bertz CT molecular complexity index is 306. The summed E-state index contributed by atoms with van der Waals surface area (Å²) in [5, 5.41) is 0. The second kappa shape index (κ2) is 2.83. The van der Waals surface area contributed by atoms with Gasteiger partial charge in [0.05, 0.1) is 4.60 Å². The molecule has 1 aliphatic heterocycles. The van der Waals surface area contributed by atoms with Crippen molar-refractivity contribution in [2.24, 2.45) is 0 Å². The molecule has 1 aromatic rings. The molecule has 0 N–H and O–H groups in total. The molecule has 0 fully saturated rings. The van der Waals surface area contributed by atoms with E-state index in [1.165, 1.54) is 6.07 Å². The van der Waals surface area contributed by atoms with Crippen LogP contribution < -0.4 is 0 Å². The van der Waals surface area contributed by atoms with Crippen molar-refractivity contribution in [2.45, 2.75) is 25.8 Å². The molecular formula is C8H8BrF2N. The fourth-order valence-electron chi connectivity index (χ4n) is 1.69. The van der Waals surface area contributed by atoms with E-state index in [0.29, 0.717) is 0 Å². The summed E-state index contributed by atoms with van der Waals surface area (Å²) < 4.78 is 27.5. The summed E-state index contributed by atoms with van der Waals surface area (Å²) in [6, 6.07) is 1.53. The molecule has 0 amide bonds. The number of nitrogens with zero attached hydrogens (tertiary/aromatic N) is 1. The van der Waals surface area contributed by atoms with Gasteiger partial charge in [0.1, 0.15) is 0 Å².